The summed E-state index contributed by atoms with van der Waals surface area (Å²) in [7, 11) is -1.98. The zero-order chi connectivity index (χ0) is 12.4. The molecule has 0 aliphatic rings. The van der Waals surface area contributed by atoms with Crippen molar-refractivity contribution in [2.45, 2.75) is 18.6 Å². The summed E-state index contributed by atoms with van der Waals surface area (Å²) in [6, 6.07) is 1.74. The number of rotatable bonds is 9. The minimum Gasteiger partial charge on any atom is -0.382 e. The molecular formula is C9H18N2O4S. The molecule has 0 rings (SSSR count). The molecule has 0 aliphatic heterocycles. The third-order valence-electron chi connectivity index (χ3n) is 1.87. The molecule has 0 aliphatic carbocycles. The molecule has 0 saturated carbocycles. The van der Waals surface area contributed by atoms with Gasteiger partial charge in [-0.2, -0.15) is 5.26 Å². The minimum absolute atomic E-state index is 0.171. The number of hydrogen-bond donors (Lipinski definition) is 1. The highest BCUT2D eigenvalue weighted by Gasteiger charge is 2.22. The molecule has 94 valence electrons. The molecule has 0 aromatic rings. The van der Waals surface area contributed by atoms with Crippen LogP contribution < -0.4 is 4.72 Å². The van der Waals surface area contributed by atoms with Gasteiger partial charge in [0, 0.05) is 13.7 Å². The quantitative estimate of drug-likeness (QED) is 0.576. The van der Waals surface area contributed by atoms with E-state index in [0.717, 1.165) is 0 Å². The van der Waals surface area contributed by atoms with Crippen molar-refractivity contribution in [1.82, 2.24) is 4.72 Å². The largest absolute Gasteiger partial charge is 0.382 e. The first-order valence-corrected chi connectivity index (χ1v) is 6.57. The van der Waals surface area contributed by atoms with E-state index in [1.807, 2.05) is 0 Å². The van der Waals surface area contributed by atoms with Crippen LogP contribution in [0, 0.1) is 11.3 Å². The Labute approximate surface area is 96.6 Å². The van der Waals surface area contributed by atoms with Crippen LogP contribution in [0.2, 0.25) is 0 Å². The van der Waals surface area contributed by atoms with E-state index >= 15 is 0 Å². The first-order valence-electron chi connectivity index (χ1n) is 5.03. The summed E-state index contributed by atoms with van der Waals surface area (Å²) in [4.78, 5) is 0. The van der Waals surface area contributed by atoms with Crippen molar-refractivity contribution >= 4 is 10.0 Å². The van der Waals surface area contributed by atoms with Gasteiger partial charge in [-0.25, -0.2) is 13.1 Å². The van der Waals surface area contributed by atoms with E-state index in [0.29, 0.717) is 13.2 Å². The molecule has 0 spiro atoms. The second-order valence-corrected chi connectivity index (χ2v) is 5.02. The Morgan fingerprint density at radius 3 is 2.56 bits per heavy atom. The minimum atomic E-state index is -3.54. The highest BCUT2D eigenvalue weighted by Crippen LogP contribution is 2.01. The van der Waals surface area contributed by atoms with Gasteiger partial charge < -0.3 is 9.47 Å². The van der Waals surface area contributed by atoms with E-state index in [1.165, 1.54) is 0 Å². The maximum atomic E-state index is 11.5. The number of nitrogens with one attached hydrogen (secondary N) is 1. The lowest BCUT2D eigenvalue weighted by Crippen LogP contribution is -2.35. The van der Waals surface area contributed by atoms with Gasteiger partial charge in [0.05, 0.1) is 25.9 Å². The highest BCUT2D eigenvalue weighted by molar-refractivity contribution is 7.90. The summed E-state index contributed by atoms with van der Waals surface area (Å²) in [5, 5.41) is 7.62. The average molecular weight is 250 g/mol. The van der Waals surface area contributed by atoms with Crippen molar-refractivity contribution in [3.05, 3.63) is 0 Å². The molecule has 0 amide bonds. The fraction of sp³-hybridized carbons (Fsp3) is 0.889. The molecule has 16 heavy (non-hydrogen) atoms. The summed E-state index contributed by atoms with van der Waals surface area (Å²) in [6.45, 7) is 2.99. The van der Waals surface area contributed by atoms with Gasteiger partial charge in [0.1, 0.15) is 0 Å². The monoisotopic (exact) mass is 250 g/mol. The van der Waals surface area contributed by atoms with Crippen molar-refractivity contribution < 1.29 is 17.9 Å². The van der Waals surface area contributed by atoms with Gasteiger partial charge >= 0.3 is 0 Å². The summed E-state index contributed by atoms with van der Waals surface area (Å²) in [5.74, 6) is 0. The molecule has 7 heteroatoms. The Morgan fingerprint density at radius 1 is 1.38 bits per heavy atom. The Morgan fingerprint density at radius 2 is 2.06 bits per heavy atom. The van der Waals surface area contributed by atoms with E-state index in [2.05, 4.69) is 4.72 Å². The number of sulfonamides is 1. The predicted molar refractivity (Wildman–Crippen MR) is 59.3 cm³/mol. The van der Waals surface area contributed by atoms with Crippen LogP contribution in [0.5, 0.6) is 0 Å². The van der Waals surface area contributed by atoms with Crippen LogP contribution in [0.1, 0.15) is 13.3 Å². The van der Waals surface area contributed by atoms with Crippen LogP contribution in [0.3, 0.4) is 0 Å². The molecular weight excluding hydrogens is 232 g/mol. The third kappa shape index (κ3) is 6.02. The van der Waals surface area contributed by atoms with Gasteiger partial charge in [0.25, 0.3) is 0 Å². The lowest BCUT2D eigenvalue weighted by molar-refractivity contribution is 0.0736. The number of nitriles is 1. The summed E-state index contributed by atoms with van der Waals surface area (Å²) in [6.07, 6.45) is 0.274. The first-order chi connectivity index (χ1) is 7.58. The Hall–Kier alpha value is -0.680. The maximum absolute atomic E-state index is 11.5. The second kappa shape index (κ2) is 8.47. The Bertz CT molecular complexity index is 310. The van der Waals surface area contributed by atoms with Crippen LogP contribution in [-0.2, 0) is 19.5 Å². The first kappa shape index (κ1) is 15.3. The van der Waals surface area contributed by atoms with E-state index in [1.54, 1.807) is 20.1 Å². The van der Waals surface area contributed by atoms with Crippen molar-refractivity contribution in [2.24, 2.45) is 0 Å². The number of methoxy groups -OCH3 is 1. The van der Waals surface area contributed by atoms with Gasteiger partial charge in [-0.15, -0.1) is 0 Å². The normalized spacial score (nSPS) is 13.3. The summed E-state index contributed by atoms with van der Waals surface area (Å²) < 4.78 is 35.1. The number of nitrogens with zero attached hydrogens (tertiary/aromatic N) is 1. The molecule has 6 nitrogen and oxygen atoms in total. The summed E-state index contributed by atoms with van der Waals surface area (Å²) >= 11 is 0. The van der Waals surface area contributed by atoms with Gasteiger partial charge in [0.15, 0.2) is 5.25 Å². The van der Waals surface area contributed by atoms with Gasteiger partial charge in [0.2, 0.25) is 10.0 Å². The van der Waals surface area contributed by atoms with Crippen molar-refractivity contribution in [1.29, 1.82) is 5.26 Å². The number of hydrogen-bond acceptors (Lipinski definition) is 5. The fourth-order valence-corrected chi connectivity index (χ4v) is 2.13. The Balaban J connectivity index is 3.80. The van der Waals surface area contributed by atoms with Crippen LogP contribution in [0.25, 0.3) is 0 Å². The molecule has 0 fully saturated rings. The SMILES string of the molecule is CCC(C#N)S(=O)(=O)NCCOCCOC. The second-order valence-electron chi connectivity index (χ2n) is 3.07. The highest BCUT2D eigenvalue weighted by atomic mass is 32.2. The average Bonchev–Trinajstić information content (AvgIpc) is 2.24. The van der Waals surface area contributed by atoms with Crippen LogP contribution in [0.15, 0.2) is 0 Å². The van der Waals surface area contributed by atoms with Crippen LogP contribution in [-0.4, -0.2) is 47.1 Å². The molecule has 0 bridgehead atoms. The van der Waals surface area contributed by atoms with E-state index in [-0.39, 0.29) is 19.6 Å². The van der Waals surface area contributed by atoms with Gasteiger partial charge in [-0.3, -0.25) is 0 Å². The topological polar surface area (TPSA) is 88.4 Å². The van der Waals surface area contributed by atoms with Crippen LogP contribution >= 0.6 is 0 Å². The standard InChI is InChI=1S/C9H18N2O4S/c1-3-9(8-10)16(12,13)11-4-5-15-7-6-14-2/h9,11H,3-7H2,1-2H3. The van der Waals surface area contributed by atoms with Gasteiger partial charge in [-0.1, -0.05) is 6.92 Å². The maximum Gasteiger partial charge on any atom is 0.228 e. The lowest BCUT2D eigenvalue weighted by Gasteiger charge is -2.10. The van der Waals surface area contributed by atoms with E-state index in [9.17, 15) is 8.42 Å². The molecule has 1 atom stereocenters. The zero-order valence-corrected chi connectivity index (χ0v) is 10.4. The molecule has 0 saturated heterocycles. The van der Waals surface area contributed by atoms with Crippen molar-refractivity contribution in [3.8, 4) is 6.07 Å². The smallest absolute Gasteiger partial charge is 0.228 e. The molecule has 0 aromatic heterocycles. The molecule has 0 heterocycles. The number of ether oxygens (including phenoxy) is 2. The molecule has 0 radical (unpaired) electrons. The van der Waals surface area contributed by atoms with E-state index < -0.39 is 15.3 Å². The lowest BCUT2D eigenvalue weighted by atomic mass is 10.4. The van der Waals surface area contributed by atoms with Crippen molar-refractivity contribution in [2.75, 3.05) is 33.5 Å². The van der Waals surface area contributed by atoms with Gasteiger partial charge in [-0.05, 0) is 6.42 Å². The predicted octanol–water partition coefficient (Wildman–Crippen LogP) is -0.129. The molecule has 0 aromatic carbocycles. The zero-order valence-electron chi connectivity index (χ0n) is 9.60. The van der Waals surface area contributed by atoms with Crippen LogP contribution in [0.4, 0.5) is 0 Å². The van der Waals surface area contributed by atoms with Crippen molar-refractivity contribution in [3.63, 3.8) is 0 Å². The van der Waals surface area contributed by atoms with E-state index in [4.69, 9.17) is 14.7 Å². The fourth-order valence-electron chi connectivity index (χ4n) is 0.981. The Kier molecular flexibility index (Phi) is 8.11. The summed E-state index contributed by atoms with van der Waals surface area (Å²) in [5.41, 5.74) is 0. The third-order valence-corrected chi connectivity index (χ3v) is 3.67. The molecule has 1 unspecified atom stereocenters. The molecule has 1 N–H and O–H groups in total.